The molecule has 5 rings (SSSR count). The Kier molecular flexibility index (Phi) is 4.37. The number of hydrogen-bond donors (Lipinski definition) is 1. The zero-order valence-corrected chi connectivity index (χ0v) is 16.6. The number of halogens is 3. The van der Waals surface area contributed by atoms with E-state index in [1.165, 1.54) is 29.2 Å². The second-order valence-electron chi connectivity index (χ2n) is 8.04. The summed E-state index contributed by atoms with van der Waals surface area (Å²) >= 11 is 0. The third-order valence-corrected chi connectivity index (χ3v) is 6.26. The number of piperazine rings is 1. The van der Waals surface area contributed by atoms with Crippen LogP contribution in [-0.2, 0) is 20.6 Å². The Morgan fingerprint density at radius 2 is 1.66 bits per heavy atom. The zero-order chi connectivity index (χ0) is 22.7. The SMILES string of the molecule is O=C1C=C[C@]23C(c4ccccc4)=CC(=O)N2[C@H](c2ccc(C(F)(F)F)cc2)C(=O)N[C@@H]3C1. The number of carbonyl (C=O) groups excluding carboxylic acids is 3. The summed E-state index contributed by atoms with van der Waals surface area (Å²) in [5.74, 6) is -1.15. The molecular formula is C24H17F3N2O3. The first-order valence-corrected chi connectivity index (χ1v) is 10.0. The van der Waals surface area contributed by atoms with Gasteiger partial charge in [-0.1, -0.05) is 42.5 Å². The normalized spacial score (nSPS) is 27.0. The lowest BCUT2D eigenvalue weighted by atomic mass is 9.72. The summed E-state index contributed by atoms with van der Waals surface area (Å²) in [7, 11) is 0. The van der Waals surface area contributed by atoms with E-state index in [-0.39, 0.29) is 17.8 Å². The highest BCUT2D eigenvalue weighted by atomic mass is 19.4. The van der Waals surface area contributed by atoms with Crippen LogP contribution >= 0.6 is 0 Å². The van der Waals surface area contributed by atoms with Crippen LogP contribution in [0.25, 0.3) is 5.57 Å². The van der Waals surface area contributed by atoms with Crippen molar-refractivity contribution < 1.29 is 27.6 Å². The van der Waals surface area contributed by atoms with Crippen LogP contribution in [0.2, 0.25) is 0 Å². The second kappa shape index (κ2) is 6.91. The van der Waals surface area contributed by atoms with Gasteiger partial charge in [0.05, 0.1) is 11.6 Å². The fourth-order valence-electron chi connectivity index (χ4n) is 4.86. The number of hydrogen-bond acceptors (Lipinski definition) is 3. The third-order valence-electron chi connectivity index (χ3n) is 6.26. The largest absolute Gasteiger partial charge is 0.416 e. The molecule has 1 N–H and O–H groups in total. The Hall–Kier alpha value is -3.68. The lowest BCUT2D eigenvalue weighted by molar-refractivity contribution is -0.147. The summed E-state index contributed by atoms with van der Waals surface area (Å²) in [6.45, 7) is 0. The average molecular weight is 438 g/mol. The van der Waals surface area contributed by atoms with Crippen LogP contribution in [0.1, 0.15) is 29.2 Å². The van der Waals surface area contributed by atoms with Gasteiger partial charge < -0.3 is 10.2 Å². The van der Waals surface area contributed by atoms with Crippen molar-refractivity contribution in [1.82, 2.24) is 10.2 Å². The minimum absolute atomic E-state index is 0.00985. The topological polar surface area (TPSA) is 66.5 Å². The summed E-state index contributed by atoms with van der Waals surface area (Å²) in [4.78, 5) is 39.9. The quantitative estimate of drug-likeness (QED) is 0.781. The molecule has 0 radical (unpaired) electrons. The van der Waals surface area contributed by atoms with Crippen molar-refractivity contribution in [2.75, 3.05) is 0 Å². The van der Waals surface area contributed by atoms with Crippen LogP contribution in [-0.4, -0.2) is 34.1 Å². The van der Waals surface area contributed by atoms with Crippen molar-refractivity contribution in [2.45, 2.75) is 30.2 Å². The summed E-state index contributed by atoms with van der Waals surface area (Å²) in [5, 5.41) is 2.86. The predicted molar refractivity (Wildman–Crippen MR) is 109 cm³/mol. The van der Waals surface area contributed by atoms with E-state index < -0.39 is 41.2 Å². The van der Waals surface area contributed by atoms with Crippen LogP contribution in [0.15, 0.2) is 72.8 Å². The van der Waals surface area contributed by atoms with Gasteiger partial charge in [0, 0.05) is 12.5 Å². The molecule has 1 saturated heterocycles. The fraction of sp³-hybridized carbons (Fsp3) is 0.208. The van der Waals surface area contributed by atoms with Gasteiger partial charge in [0.2, 0.25) is 11.8 Å². The third kappa shape index (κ3) is 2.90. The van der Waals surface area contributed by atoms with Crippen LogP contribution < -0.4 is 5.32 Å². The Labute approximate surface area is 181 Å². The molecule has 1 spiro atoms. The first-order chi connectivity index (χ1) is 15.2. The molecule has 5 nitrogen and oxygen atoms in total. The number of allylic oxidation sites excluding steroid dienone is 1. The molecule has 0 bridgehead atoms. The Morgan fingerprint density at radius 3 is 2.31 bits per heavy atom. The monoisotopic (exact) mass is 438 g/mol. The van der Waals surface area contributed by atoms with Crippen molar-refractivity contribution in [2.24, 2.45) is 0 Å². The van der Waals surface area contributed by atoms with Crippen LogP contribution in [0.5, 0.6) is 0 Å². The Balaban J connectivity index is 1.66. The van der Waals surface area contributed by atoms with E-state index in [1.54, 1.807) is 6.08 Å². The van der Waals surface area contributed by atoms with Gasteiger partial charge in [0.1, 0.15) is 11.6 Å². The first-order valence-electron chi connectivity index (χ1n) is 10.0. The van der Waals surface area contributed by atoms with Crippen molar-refractivity contribution >= 4 is 23.2 Å². The Bertz CT molecular complexity index is 1190. The molecule has 0 unspecified atom stereocenters. The number of nitrogens with zero attached hydrogens (tertiary/aromatic N) is 1. The molecule has 2 aromatic carbocycles. The number of rotatable bonds is 2. The van der Waals surface area contributed by atoms with Gasteiger partial charge in [-0.25, -0.2) is 0 Å². The molecular weight excluding hydrogens is 421 g/mol. The van der Waals surface area contributed by atoms with E-state index in [0.29, 0.717) is 5.57 Å². The molecule has 32 heavy (non-hydrogen) atoms. The van der Waals surface area contributed by atoms with Gasteiger partial charge in [-0.05, 0) is 41.0 Å². The molecule has 0 aromatic heterocycles. The van der Waals surface area contributed by atoms with Gasteiger partial charge in [-0.3, -0.25) is 14.4 Å². The van der Waals surface area contributed by atoms with Gasteiger partial charge >= 0.3 is 6.18 Å². The lowest BCUT2D eigenvalue weighted by Crippen LogP contribution is -2.69. The van der Waals surface area contributed by atoms with E-state index in [1.807, 2.05) is 30.3 Å². The van der Waals surface area contributed by atoms with Crippen molar-refractivity contribution in [3.8, 4) is 0 Å². The molecule has 162 valence electrons. The number of nitrogens with one attached hydrogen (secondary N) is 1. The predicted octanol–water partition coefficient (Wildman–Crippen LogP) is 3.44. The highest BCUT2D eigenvalue weighted by Crippen LogP contribution is 2.50. The molecule has 1 fully saturated rings. The summed E-state index contributed by atoms with van der Waals surface area (Å²) in [6, 6.07) is 11.5. The van der Waals surface area contributed by atoms with Crippen LogP contribution in [0, 0.1) is 0 Å². The van der Waals surface area contributed by atoms with Gasteiger partial charge in [0.25, 0.3) is 0 Å². The van der Waals surface area contributed by atoms with E-state index in [0.717, 1.165) is 17.7 Å². The summed E-state index contributed by atoms with van der Waals surface area (Å²) < 4.78 is 39.1. The summed E-state index contributed by atoms with van der Waals surface area (Å²) in [6.07, 6.45) is -0.0304. The standard InChI is InChI=1S/C24H17F3N2O3/c25-24(26,27)16-8-6-15(7-9-16)21-22(32)28-19-12-17(30)10-11-23(19)18(13-20(31)29(21)23)14-4-2-1-3-5-14/h1-11,13,19,21H,12H2,(H,28,32)/t19-,21-,23-/m1/s1. The maximum Gasteiger partial charge on any atom is 0.416 e. The average Bonchev–Trinajstić information content (AvgIpc) is 3.05. The molecule has 2 heterocycles. The van der Waals surface area contributed by atoms with Crippen molar-refractivity contribution in [3.05, 3.63) is 89.5 Å². The fourth-order valence-corrected chi connectivity index (χ4v) is 4.86. The molecule has 0 saturated carbocycles. The zero-order valence-electron chi connectivity index (χ0n) is 16.6. The number of benzene rings is 2. The highest BCUT2D eigenvalue weighted by Gasteiger charge is 2.60. The number of ketones is 1. The maximum atomic E-state index is 13.2. The van der Waals surface area contributed by atoms with Crippen LogP contribution in [0.3, 0.4) is 0 Å². The number of carbonyl (C=O) groups is 3. The second-order valence-corrected chi connectivity index (χ2v) is 8.04. The molecule has 2 aliphatic heterocycles. The van der Waals surface area contributed by atoms with Crippen molar-refractivity contribution in [3.63, 3.8) is 0 Å². The van der Waals surface area contributed by atoms with Gasteiger partial charge in [-0.15, -0.1) is 0 Å². The lowest BCUT2D eigenvalue weighted by Gasteiger charge is -2.52. The molecule has 2 amide bonds. The highest BCUT2D eigenvalue weighted by molar-refractivity contribution is 6.10. The first kappa shape index (κ1) is 20.2. The molecule has 8 heteroatoms. The van der Waals surface area contributed by atoms with Gasteiger partial charge in [-0.2, -0.15) is 13.2 Å². The number of amides is 2. The van der Waals surface area contributed by atoms with Crippen LogP contribution in [0.4, 0.5) is 13.2 Å². The van der Waals surface area contributed by atoms with Gasteiger partial charge in [0.15, 0.2) is 5.78 Å². The molecule has 3 atom stereocenters. The smallest absolute Gasteiger partial charge is 0.348 e. The van der Waals surface area contributed by atoms with Crippen molar-refractivity contribution in [1.29, 1.82) is 0 Å². The van der Waals surface area contributed by atoms with E-state index in [2.05, 4.69) is 5.32 Å². The molecule has 2 aromatic rings. The van der Waals surface area contributed by atoms with E-state index in [9.17, 15) is 27.6 Å². The van der Waals surface area contributed by atoms with E-state index in [4.69, 9.17) is 0 Å². The maximum absolute atomic E-state index is 13.2. The van der Waals surface area contributed by atoms with E-state index >= 15 is 0 Å². The minimum Gasteiger partial charge on any atom is -0.348 e. The molecule has 3 aliphatic rings. The Morgan fingerprint density at radius 1 is 0.969 bits per heavy atom. The minimum atomic E-state index is -4.52. The molecule has 1 aliphatic carbocycles. The number of alkyl halides is 3. The summed E-state index contributed by atoms with van der Waals surface area (Å²) in [5.41, 5.74) is -0.310.